The van der Waals surface area contributed by atoms with Gasteiger partial charge in [0.15, 0.2) is 0 Å². The second kappa shape index (κ2) is 7.70. The van der Waals surface area contributed by atoms with Crippen LogP contribution in [-0.2, 0) is 11.3 Å². The Morgan fingerprint density at radius 3 is 2.72 bits per heavy atom. The standard InChI is InChI=1S/C19H30N4O2/c1-14(2)23-9-8-17(19(23)24)22-11-10-21(15(3)12-22)13-16-6-5-7-18(20-16)25-4/h5-7,14-15,17H,8-13H2,1-4H3. The number of likely N-dealkylation sites (tertiary alicyclic amines) is 1. The number of pyridine rings is 1. The summed E-state index contributed by atoms with van der Waals surface area (Å²) >= 11 is 0. The number of carbonyl (C=O) groups is 1. The van der Waals surface area contributed by atoms with Crippen LogP contribution in [0, 0.1) is 0 Å². The van der Waals surface area contributed by atoms with Gasteiger partial charge in [-0.25, -0.2) is 4.98 Å². The molecule has 0 saturated carbocycles. The molecule has 0 radical (unpaired) electrons. The van der Waals surface area contributed by atoms with Crippen molar-refractivity contribution < 1.29 is 9.53 Å². The number of hydrogen-bond donors (Lipinski definition) is 0. The van der Waals surface area contributed by atoms with Gasteiger partial charge in [-0.05, 0) is 33.3 Å². The predicted octanol–water partition coefficient (Wildman–Crippen LogP) is 1.61. The molecule has 138 valence electrons. The molecule has 25 heavy (non-hydrogen) atoms. The van der Waals surface area contributed by atoms with Gasteiger partial charge in [0, 0.05) is 50.9 Å². The maximum atomic E-state index is 12.6. The summed E-state index contributed by atoms with van der Waals surface area (Å²) in [7, 11) is 1.65. The summed E-state index contributed by atoms with van der Waals surface area (Å²) in [4.78, 5) is 24.0. The zero-order valence-corrected chi connectivity index (χ0v) is 15.8. The summed E-state index contributed by atoms with van der Waals surface area (Å²) in [6.07, 6.45) is 0.959. The minimum atomic E-state index is 0.0712. The van der Waals surface area contributed by atoms with E-state index in [-0.39, 0.29) is 6.04 Å². The molecule has 2 aliphatic heterocycles. The van der Waals surface area contributed by atoms with Crippen LogP contribution in [0.3, 0.4) is 0 Å². The molecule has 6 nitrogen and oxygen atoms in total. The first-order valence-corrected chi connectivity index (χ1v) is 9.28. The lowest BCUT2D eigenvalue weighted by Gasteiger charge is -2.41. The normalized spacial score (nSPS) is 25.8. The minimum absolute atomic E-state index is 0.0712. The Hall–Kier alpha value is -1.66. The fourth-order valence-electron chi connectivity index (χ4n) is 3.95. The Morgan fingerprint density at radius 2 is 2.08 bits per heavy atom. The number of piperazine rings is 1. The summed E-state index contributed by atoms with van der Waals surface area (Å²) in [6, 6.07) is 6.68. The first kappa shape index (κ1) is 18.1. The highest BCUT2D eigenvalue weighted by Crippen LogP contribution is 2.23. The maximum absolute atomic E-state index is 12.6. The highest BCUT2D eigenvalue weighted by molar-refractivity contribution is 5.84. The molecule has 1 amide bonds. The zero-order valence-electron chi connectivity index (χ0n) is 15.8. The molecule has 2 aliphatic rings. The van der Waals surface area contributed by atoms with Gasteiger partial charge in [-0.1, -0.05) is 6.07 Å². The van der Waals surface area contributed by atoms with Gasteiger partial charge in [0.1, 0.15) is 0 Å². The molecule has 3 rings (SSSR count). The zero-order chi connectivity index (χ0) is 18.0. The Bertz CT molecular complexity index is 607. The fourth-order valence-corrected chi connectivity index (χ4v) is 3.95. The van der Waals surface area contributed by atoms with E-state index in [1.165, 1.54) is 0 Å². The van der Waals surface area contributed by atoms with E-state index in [1.807, 2.05) is 23.1 Å². The molecular weight excluding hydrogens is 316 g/mol. The number of aromatic nitrogens is 1. The summed E-state index contributed by atoms with van der Waals surface area (Å²) in [5.74, 6) is 0.972. The average molecular weight is 346 g/mol. The molecule has 0 spiro atoms. The first-order chi connectivity index (χ1) is 12.0. The number of nitrogens with zero attached hydrogens (tertiary/aromatic N) is 4. The van der Waals surface area contributed by atoms with E-state index < -0.39 is 0 Å². The van der Waals surface area contributed by atoms with Crippen LogP contribution >= 0.6 is 0 Å². The molecule has 0 aliphatic carbocycles. The largest absolute Gasteiger partial charge is 0.481 e. The summed E-state index contributed by atoms with van der Waals surface area (Å²) < 4.78 is 5.22. The molecule has 1 aromatic rings. The summed E-state index contributed by atoms with van der Waals surface area (Å²) in [5.41, 5.74) is 1.03. The Kier molecular flexibility index (Phi) is 5.59. The number of ether oxygens (including phenoxy) is 1. The fraction of sp³-hybridized carbons (Fsp3) is 0.684. The van der Waals surface area contributed by atoms with Crippen molar-refractivity contribution in [2.75, 3.05) is 33.3 Å². The number of hydrogen-bond acceptors (Lipinski definition) is 5. The van der Waals surface area contributed by atoms with Gasteiger partial charge >= 0.3 is 0 Å². The monoisotopic (exact) mass is 346 g/mol. The third kappa shape index (κ3) is 3.96. The average Bonchev–Trinajstić information content (AvgIpc) is 2.98. The van der Waals surface area contributed by atoms with Crippen molar-refractivity contribution in [2.45, 2.75) is 51.9 Å². The smallest absolute Gasteiger partial charge is 0.240 e. The van der Waals surface area contributed by atoms with E-state index in [0.717, 1.165) is 44.8 Å². The molecule has 2 unspecified atom stereocenters. The Labute approximate surface area is 150 Å². The molecular formula is C19H30N4O2. The third-order valence-corrected chi connectivity index (χ3v) is 5.43. The molecule has 0 aromatic carbocycles. The Morgan fingerprint density at radius 1 is 1.28 bits per heavy atom. The van der Waals surface area contributed by atoms with Crippen LogP contribution < -0.4 is 4.74 Å². The number of methoxy groups -OCH3 is 1. The van der Waals surface area contributed by atoms with Crippen molar-refractivity contribution in [1.29, 1.82) is 0 Å². The van der Waals surface area contributed by atoms with Crippen molar-refractivity contribution in [3.05, 3.63) is 23.9 Å². The van der Waals surface area contributed by atoms with E-state index >= 15 is 0 Å². The van der Waals surface area contributed by atoms with Gasteiger partial charge in [-0.15, -0.1) is 0 Å². The quantitative estimate of drug-likeness (QED) is 0.811. The third-order valence-electron chi connectivity index (χ3n) is 5.43. The SMILES string of the molecule is COc1cccc(CN2CCN(C3CCN(C(C)C)C3=O)CC2C)n1. The molecule has 0 bridgehead atoms. The topological polar surface area (TPSA) is 48.9 Å². The van der Waals surface area contributed by atoms with Crippen molar-refractivity contribution in [1.82, 2.24) is 19.7 Å². The van der Waals surface area contributed by atoms with E-state index in [4.69, 9.17) is 4.74 Å². The molecule has 3 heterocycles. The van der Waals surface area contributed by atoms with Crippen molar-refractivity contribution in [3.8, 4) is 5.88 Å². The lowest BCUT2D eigenvalue weighted by Crippen LogP contribution is -2.56. The summed E-state index contributed by atoms with van der Waals surface area (Å²) in [6.45, 7) is 11.0. The van der Waals surface area contributed by atoms with Gasteiger partial charge in [0.25, 0.3) is 0 Å². The van der Waals surface area contributed by atoms with Gasteiger partial charge in [-0.3, -0.25) is 14.6 Å². The second-order valence-corrected chi connectivity index (χ2v) is 7.42. The summed E-state index contributed by atoms with van der Waals surface area (Å²) in [5, 5.41) is 0. The van der Waals surface area contributed by atoms with Crippen molar-refractivity contribution in [2.24, 2.45) is 0 Å². The highest BCUT2D eigenvalue weighted by Gasteiger charge is 2.39. The van der Waals surface area contributed by atoms with E-state index in [1.54, 1.807) is 7.11 Å². The number of carbonyl (C=O) groups excluding carboxylic acids is 1. The van der Waals surface area contributed by atoms with Crippen molar-refractivity contribution >= 4 is 5.91 Å². The maximum Gasteiger partial charge on any atom is 0.240 e. The predicted molar refractivity (Wildman–Crippen MR) is 97.5 cm³/mol. The van der Waals surface area contributed by atoms with E-state index in [9.17, 15) is 4.79 Å². The van der Waals surface area contributed by atoms with Gasteiger partial charge < -0.3 is 9.64 Å². The minimum Gasteiger partial charge on any atom is -0.481 e. The van der Waals surface area contributed by atoms with Crippen LogP contribution in [0.1, 0.15) is 32.9 Å². The second-order valence-electron chi connectivity index (χ2n) is 7.42. The van der Waals surface area contributed by atoms with Gasteiger partial charge in [0.05, 0.1) is 18.8 Å². The van der Waals surface area contributed by atoms with E-state index in [0.29, 0.717) is 23.9 Å². The molecule has 6 heteroatoms. The van der Waals surface area contributed by atoms with Gasteiger partial charge in [-0.2, -0.15) is 0 Å². The first-order valence-electron chi connectivity index (χ1n) is 9.28. The molecule has 0 N–H and O–H groups in total. The Balaban J connectivity index is 1.58. The van der Waals surface area contributed by atoms with Crippen LogP contribution in [0.15, 0.2) is 18.2 Å². The van der Waals surface area contributed by atoms with Crippen molar-refractivity contribution in [3.63, 3.8) is 0 Å². The van der Waals surface area contributed by atoms with Gasteiger partial charge in [0.2, 0.25) is 11.8 Å². The molecule has 1 aromatic heterocycles. The molecule has 2 fully saturated rings. The van der Waals surface area contributed by atoms with Crippen LogP contribution in [-0.4, -0.2) is 77.0 Å². The number of rotatable bonds is 5. The van der Waals surface area contributed by atoms with Crippen LogP contribution in [0.5, 0.6) is 5.88 Å². The lowest BCUT2D eigenvalue weighted by molar-refractivity contribution is -0.134. The lowest BCUT2D eigenvalue weighted by atomic mass is 10.1. The van der Waals surface area contributed by atoms with Crippen LogP contribution in [0.2, 0.25) is 0 Å². The molecule has 2 saturated heterocycles. The van der Waals surface area contributed by atoms with Crippen LogP contribution in [0.4, 0.5) is 0 Å². The van der Waals surface area contributed by atoms with E-state index in [2.05, 4.69) is 35.6 Å². The number of amides is 1. The van der Waals surface area contributed by atoms with Crippen LogP contribution in [0.25, 0.3) is 0 Å². The molecule has 2 atom stereocenters. The highest BCUT2D eigenvalue weighted by atomic mass is 16.5.